The topological polar surface area (TPSA) is 64.3 Å². The Bertz CT molecular complexity index is 428. The minimum atomic E-state index is 0.269. The summed E-state index contributed by atoms with van der Waals surface area (Å²) in [6, 6.07) is 0.385. The number of nitrogens with two attached hydrogens (primary N) is 1. The van der Waals surface area contributed by atoms with Gasteiger partial charge in [0.05, 0.1) is 24.9 Å². The molecule has 3 rings (SSSR count). The zero-order valence-electron chi connectivity index (χ0n) is 9.47. The molecule has 0 amide bonds. The van der Waals surface area contributed by atoms with E-state index in [0.29, 0.717) is 17.2 Å². The third kappa shape index (κ3) is 1.93. The molecule has 6 heteroatoms. The summed E-state index contributed by atoms with van der Waals surface area (Å²) in [7, 11) is 0. The Kier molecular flexibility index (Phi) is 2.80. The molecule has 0 spiro atoms. The Labute approximate surface area is 105 Å². The molecule has 0 aromatic carbocycles. The average molecular weight is 255 g/mol. The van der Waals surface area contributed by atoms with Crippen LogP contribution in [0.4, 0.5) is 11.8 Å². The van der Waals surface area contributed by atoms with Gasteiger partial charge in [0.25, 0.3) is 0 Å². The minimum absolute atomic E-state index is 0.269. The number of aromatic nitrogens is 2. The molecule has 2 fully saturated rings. The van der Waals surface area contributed by atoms with Gasteiger partial charge in [0, 0.05) is 6.54 Å². The number of nitrogens with zero attached hydrogens (tertiary/aromatic N) is 3. The molecule has 1 saturated heterocycles. The molecule has 5 nitrogen and oxygen atoms in total. The van der Waals surface area contributed by atoms with Crippen LogP contribution in [0.5, 0.6) is 0 Å². The van der Waals surface area contributed by atoms with Crippen LogP contribution in [-0.4, -0.2) is 35.3 Å². The van der Waals surface area contributed by atoms with Gasteiger partial charge in [-0.1, -0.05) is 11.6 Å². The Balaban J connectivity index is 1.94. The number of anilines is 2. The van der Waals surface area contributed by atoms with Gasteiger partial charge in [0.2, 0.25) is 5.95 Å². The van der Waals surface area contributed by atoms with Crippen molar-refractivity contribution in [3.05, 3.63) is 11.2 Å². The first-order chi connectivity index (χ1) is 8.25. The van der Waals surface area contributed by atoms with Crippen molar-refractivity contribution in [1.82, 2.24) is 9.97 Å². The van der Waals surface area contributed by atoms with Crippen molar-refractivity contribution in [1.29, 1.82) is 0 Å². The zero-order chi connectivity index (χ0) is 11.8. The number of rotatable bonds is 1. The van der Waals surface area contributed by atoms with E-state index in [9.17, 15) is 0 Å². The Morgan fingerprint density at radius 1 is 1.47 bits per heavy atom. The Hall–Kier alpha value is -1.07. The van der Waals surface area contributed by atoms with Crippen LogP contribution in [0.25, 0.3) is 0 Å². The van der Waals surface area contributed by atoms with Gasteiger partial charge in [0.1, 0.15) is 5.02 Å². The molecule has 2 unspecified atom stereocenters. The molecule has 17 heavy (non-hydrogen) atoms. The van der Waals surface area contributed by atoms with Crippen LogP contribution >= 0.6 is 11.6 Å². The van der Waals surface area contributed by atoms with Crippen LogP contribution in [-0.2, 0) is 4.74 Å². The lowest BCUT2D eigenvalue weighted by molar-refractivity contribution is 0.0253. The summed E-state index contributed by atoms with van der Waals surface area (Å²) in [5.41, 5.74) is 5.63. The van der Waals surface area contributed by atoms with Crippen LogP contribution in [0.1, 0.15) is 19.3 Å². The Morgan fingerprint density at radius 3 is 3.24 bits per heavy atom. The van der Waals surface area contributed by atoms with Gasteiger partial charge in [-0.05, 0) is 19.3 Å². The average Bonchev–Trinajstić information content (AvgIpc) is 2.80. The molecule has 1 aromatic heterocycles. The summed E-state index contributed by atoms with van der Waals surface area (Å²) in [5, 5.41) is 0.562. The predicted molar refractivity (Wildman–Crippen MR) is 66.2 cm³/mol. The molecule has 1 saturated carbocycles. The lowest BCUT2D eigenvalue weighted by Gasteiger charge is -2.38. The van der Waals surface area contributed by atoms with E-state index in [-0.39, 0.29) is 5.95 Å². The molecule has 2 heterocycles. The standard InChI is InChI=1S/C11H15ClN4O/c12-7-6-14-11(13)15-10(7)16-4-5-17-9-3-1-2-8(9)16/h6,8-9H,1-5H2,(H2,13,14,15). The normalized spacial score (nSPS) is 28.2. The van der Waals surface area contributed by atoms with E-state index in [1.54, 1.807) is 6.20 Å². The number of morpholine rings is 1. The molecular weight excluding hydrogens is 240 g/mol. The summed E-state index contributed by atoms with van der Waals surface area (Å²) >= 11 is 6.16. The van der Waals surface area contributed by atoms with Gasteiger partial charge >= 0.3 is 0 Å². The van der Waals surface area contributed by atoms with Crippen molar-refractivity contribution in [2.45, 2.75) is 31.4 Å². The monoisotopic (exact) mass is 254 g/mol. The number of hydrogen-bond acceptors (Lipinski definition) is 5. The zero-order valence-corrected chi connectivity index (χ0v) is 10.2. The van der Waals surface area contributed by atoms with Crippen molar-refractivity contribution in [2.75, 3.05) is 23.8 Å². The van der Waals surface area contributed by atoms with Crippen LogP contribution in [0.2, 0.25) is 5.02 Å². The number of fused-ring (bicyclic) bond motifs is 1. The maximum absolute atomic E-state index is 6.16. The summed E-state index contributed by atoms with van der Waals surface area (Å²) < 4.78 is 5.76. The number of ether oxygens (including phenoxy) is 1. The predicted octanol–water partition coefficient (Wildman–Crippen LogP) is 1.47. The van der Waals surface area contributed by atoms with Crippen LogP contribution in [0, 0.1) is 0 Å². The van der Waals surface area contributed by atoms with Gasteiger partial charge < -0.3 is 15.4 Å². The molecular formula is C11H15ClN4O. The van der Waals surface area contributed by atoms with Gasteiger partial charge in [-0.25, -0.2) is 4.98 Å². The van der Waals surface area contributed by atoms with Crippen molar-refractivity contribution in [2.24, 2.45) is 0 Å². The molecule has 1 aromatic rings. The maximum Gasteiger partial charge on any atom is 0.222 e. The van der Waals surface area contributed by atoms with Gasteiger partial charge in [0.15, 0.2) is 5.82 Å². The van der Waals surface area contributed by atoms with E-state index < -0.39 is 0 Å². The highest BCUT2D eigenvalue weighted by atomic mass is 35.5. The second kappa shape index (κ2) is 4.31. The fourth-order valence-electron chi connectivity index (χ4n) is 2.76. The Morgan fingerprint density at radius 2 is 2.35 bits per heavy atom. The smallest absolute Gasteiger partial charge is 0.222 e. The minimum Gasteiger partial charge on any atom is -0.374 e. The number of nitrogen functional groups attached to an aromatic ring is 1. The van der Waals surface area contributed by atoms with E-state index in [4.69, 9.17) is 22.1 Å². The van der Waals surface area contributed by atoms with Crippen molar-refractivity contribution in [3.63, 3.8) is 0 Å². The van der Waals surface area contributed by atoms with Gasteiger partial charge in [-0.2, -0.15) is 4.98 Å². The summed E-state index contributed by atoms with van der Waals surface area (Å²) in [6.45, 7) is 1.54. The molecule has 0 radical (unpaired) electrons. The first-order valence-corrected chi connectivity index (χ1v) is 6.30. The van der Waals surface area contributed by atoms with Crippen LogP contribution in [0.15, 0.2) is 6.20 Å². The third-order valence-electron chi connectivity index (χ3n) is 3.50. The lowest BCUT2D eigenvalue weighted by atomic mass is 10.1. The van der Waals surface area contributed by atoms with Crippen molar-refractivity contribution < 1.29 is 4.74 Å². The van der Waals surface area contributed by atoms with E-state index in [0.717, 1.165) is 31.8 Å². The highest BCUT2D eigenvalue weighted by Gasteiger charge is 2.37. The van der Waals surface area contributed by atoms with Crippen molar-refractivity contribution in [3.8, 4) is 0 Å². The van der Waals surface area contributed by atoms with E-state index in [2.05, 4.69) is 14.9 Å². The van der Waals surface area contributed by atoms with Gasteiger partial charge in [-0.15, -0.1) is 0 Å². The van der Waals surface area contributed by atoms with Crippen LogP contribution in [0.3, 0.4) is 0 Å². The van der Waals surface area contributed by atoms with Crippen molar-refractivity contribution >= 4 is 23.4 Å². The number of halogens is 1. The third-order valence-corrected chi connectivity index (χ3v) is 3.77. The fourth-order valence-corrected chi connectivity index (χ4v) is 2.96. The SMILES string of the molecule is Nc1ncc(Cl)c(N2CCOC3CCCC32)n1. The highest BCUT2D eigenvalue weighted by Crippen LogP contribution is 2.35. The van der Waals surface area contributed by atoms with Crippen LogP contribution < -0.4 is 10.6 Å². The summed E-state index contributed by atoms with van der Waals surface area (Å²) in [4.78, 5) is 10.4. The summed E-state index contributed by atoms with van der Waals surface area (Å²) in [5.74, 6) is 1.02. The fraction of sp³-hybridized carbons (Fsp3) is 0.636. The second-order valence-corrected chi connectivity index (χ2v) is 4.91. The highest BCUT2D eigenvalue weighted by molar-refractivity contribution is 6.32. The second-order valence-electron chi connectivity index (χ2n) is 4.50. The van der Waals surface area contributed by atoms with E-state index in [1.165, 1.54) is 6.42 Å². The quantitative estimate of drug-likeness (QED) is 0.822. The largest absolute Gasteiger partial charge is 0.374 e. The van der Waals surface area contributed by atoms with E-state index >= 15 is 0 Å². The summed E-state index contributed by atoms with van der Waals surface area (Å²) in [6.07, 6.45) is 5.34. The molecule has 1 aliphatic heterocycles. The molecule has 0 bridgehead atoms. The maximum atomic E-state index is 6.16. The molecule has 2 N–H and O–H groups in total. The van der Waals surface area contributed by atoms with E-state index in [1.807, 2.05) is 0 Å². The molecule has 2 atom stereocenters. The van der Waals surface area contributed by atoms with Gasteiger partial charge in [-0.3, -0.25) is 0 Å². The number of hydrogen-bond donors (Lipinski definition) is 1. The first kappa shape index (κ1) is 11.0. The lowest BCUT2D eigenvalue weighted by Crippen LogP contribution is -2.49. The molecule has 92 valence electrons. The molecule has 1 aliphatic carbocycles. The molecule has 2 aliphatic rings. The first-order valence-electron chi connectivity index (χ1n) is 5.92.